The van der Waals surface area contributed by atoms with Gasteiger partial charge in [0.1, 0.15) is 11.9 Å². The highest BCUT2D eigenvalue weighted by Gasteiger charge is 2.30. The van der Waals surface area contributed by atoms with Crippen molar-refractivity contribution in [2.45, 2.75) is 12.5 Å². The molecule has 0 aliphatic carbocycles. The van der Waals surface area contributed by atoms with Crippen molar-refractivity contribution in [1.82, 2.24) is 5.32 Å². The Morgan fingerprint density at radius 3 is 3.05 bits per heavy atom. The van der Waals surface area contributed by atoms with Crippen LogP contribution in [0, 0.1) is 0 Å². The molecule has 1 N–H and O–H groups in total. The third-order valence-electron chi connectivity index (χ3n) is 3.41. The second-order valence-corrected chi connectivity index (χ2v) is 4.72. The van der Waals surface area contributed by atoms with E-state index in [0.717, 1.165) is 24.4 Å². The minimum atomic E-state index is -0.389. The molecule has 2 aliphatic heterocycles. The molecule has 0 bridgehead atoms. The number of ether oxygens (including phenoxy) is 2. The van der Waals surface area contributed by atoms with E-state index in [1.54, 1.807) is 4.90 Å². The number of amides is 1. The lowest BCUT2D eigenvalue weighted by Crippen LogP contribution is -2.49. The van der Waals surface area contributed by atoms with Crippen molar-refractivity contribution in [1.29, 1.82) is 0 Å². The molecule has 102 valence electrons. The van der Waals surface area contributed by atoms with Gasteiger partial charge in [0.05, 0.1) is 18.9 Å². The number of nitrogens with zero attached hydrogens (tertiary/aromatic N) is 1. The molecule has 1 unspecified atom stereocenters. The van der Waals surface area contributed by atoms with Gasteiger partial charge in [-0.25, -0.2) is 0 Å². The lowest BCUT2D eigenvalue weighted by Gasteiger charge is -2.29. The van der Waals surface area contributed by atoms with Crippen LogP contribution >= 0.6 is 0 Å². The van der Waals surface area contributed by atoms with Gasteiger partial charge in [-0.15, -0.1) is 0 Å². The summed E-state index contributed by atoms with van der Waals surface area (Å²) in [4.78, 5) is 14.4. The maximum absolute atomic E-state index is 12.6. The van der Waals surface area contributed by atoms with Crippen molar-refractivity contribution in [3.8, 4) is 5.75 Å². The molecule has 3 rings (SSSR count). The summed E-state index contributed by atoms with van der Waals surface area (Å²) in [5.41, 5.74) is 0.846. The second-order valence-electron chi connectivity index (χ2n) is 4.72. The first kappa shape index (κ1) is 12.4. The van der Waals surface area contributed by atoms with Crippen LogP contribution < -0.4 is 15.0 Å². The summed E-state index contributed by atoms with van der Waals surface area (Å²) in [7, 11) is 0. The van der Waals surface area contributed by atoms with Crippen LogP contribution in [0.15, 0.2) is 24.3 Å². The molecule has 1 fully saturated rings. The Hall–Kier alpha value is -1.59. The SMILES string of the molecule is O=C(C1CNCCO1)N1CCCOc2ccccc21. The average Bonchev–Trinajstić information content (AvgIpc) is 2.70. The summed E-state index contributed by atoms with van der Waals surface area (Å²) in [6.07, 6.45) is 0.445. The van der Waals surface area contributed by atoms with Gasteiger partial charge >= 0.3 is 0 Å². The van der Waals surface area contributed by atoms with Crippen LogP contribution in [-0.4, -0.2) is 44.9 Å². The molecule has 0 radical (unpaired) electrons. The predicted molar refractivity (Wildman–Crippen MR) is 71.5 cm³/mol. The molecule has 1 amide bonds. The van der Waals surface area contributed by atoms with Crippen LogP contribution in [0.4, 0.5) is 5.69 Å². The van der Waals surface area contributed by atoms with Crippen molar-refractivity contribution < 1.29 is 14.3 Å². The fraction of sp³-hybridized carbons (Fsp3) is 0.500. The molecule has 1 aromatic carbocycles. The topological polar surface area (TPSA) is 50.8 Å². The summed E-state index contributed by atoms with van der Waals surface area (Å²) in [5.74, 6) is 0.794. The van der Waals surface area contributed by atoms with Crippen LogP contribution in [0.3, 0.4) is 0 Å². The molecular formula is C14H18N2O3. The Labute approximate surface area is 112 Å². The summed E-state index contributed by atoms with van der Waals surface area (Å²) < 4.78 is 11.2. The third kappa shape index (κ3) is 2.57. The van der Waals surface area contributed by atoms with Crippen molar-refractivity contribution in [2.24, 2.45) is 0 Å². The van der Waals surface area contributed by atoms with E-state index < -0.39 is 0 Å². The number of carbonyl (C=O) groups excluding carboxylic acids is 1. The van der Waals surface area contributed by atoms with Crippen molar-refractivity contribution >= 4 is 11.6 Å². The van der Waals surface area contributed by atoms with E-state index in [9.17, 15) is 4.79 Å². The fourth-order valence-corrected chi connectivity index (χ4v) is 2.45. The number of morpholine rings is 1. The second kappa shape index (κ2) is 5.59. The van der Waals surface area contributed by atoms with Gasteiger partial charge in [0, 0.05) is 19.6 Å². The molecule has 0 saturated carbocycles. The Morgan fingerprint density at radius 1 is 1.32 bits per heavy atom. The molecule has 2 aliphatic rings. The zero-order valence-electron chi connectivity index (χ0n) is 10.8. The number of benzene rings is 1. The van der Waals surface area contributed by atoms with Crippen LogP contribution in [-0.2, 0) is 9.53 Å². The van der Waals surface area contributed by atoms with Gasteiger partial charge in [0.2, 0.25) is 0 Å². The number of anilines is 1. The van der Waals surface area contributed by atoms with E-state index in [2.05, 4.69) is 5.32 Å². The van der Waals surface area contributed by atoms with Crippen molar-refractivity contribution in [3.05, 3.63) is 24.3 Å². The summed E-state index contributed by atoms with van der Waals surface area (Å²) >= 11 is 0. The lowest BCUT2D eigenvalue weighted by atomic mass is 10.2. The van der Waals surface area contributed by atoms with Gasteiger partial charge in [0.25, 0.3) is 5.91 Å². The van der Waals surface area contributed by atoms with Gasteiger partial charge in [-0.05, 0) is 18.6 Å². The molecular weight excluding hydrogens is 244 g/mol. The maximum Gasteiger partial charge on any atom is 0.257 e. The number of hydrogen-bond donors (Lipinski definition) is 1. The van der Waals surface area contributed by atoms with E-state index >= 15 is 0 Å². The normalized spacial score (nSPS) is 23.2. The summed E-state index contributed by atoms with van der Waals surface area (Å²) in [6.45, 7) is 3.30. The van der Waals surface area contributed by atoms with Crippen LogP contribution in [0.25, 0.3) is 0 Å². The molecule has 19 heavy (non-hydrogen) atoms. The van der Waals surface area contributed by atoms with E-state index in [1.807, 2.05) is 24.3 Å². The van der Waals surface area contributed by atoms with Crippen LogP contribution in [0.2, 0.25) is 0 Å². The highest BCUT2D eigenvalue weighted by Crippen LogP contribution is 2.31. The molecule has 0 spiro atoms. The quantitative estimate of drug-likeness (QED) is 0.813. The van der Waals surface area contributed by atoms with Crippen molar-refractivity contribution in [2.75, 3.05) is 37.7 Å². The first-order chi connectivity index (χ1) is 9.36. The summed E-state index contributed by atoms with van der Waals surface area (Å²) in [5, 5.41) is 3.19. The number of carbonyl (C=O) groups is 1. The zero-order valence-corrected chi connectivity index (χ0v) is 10.8. The van der Waals surface area contributed by atoms with Crippen molar-refractivity contribution in [3.63, 3.8) is 0 Å². The smallest absolute Gasteiger partial charge is 0.257 e. The number of nitrogens with one attached hydrogen (secondary N) is 1. The Balaban J connectivity index is 1.84. The van der Waals surface area contributed by atoms with Gasteiger partial charge in [0.15, 0.2) is 0 Å². The van der Waals surface area contributed by atoms with E-state index in [1.165, 1.54) is 0 Å². The average molecular weight is 262 g/mol. The minimum Gasteiger partial charge on any atom is -0.491 e. The highest BCUT2D eigenvalue weighted by molar-refractivity contribution is 5.98. The highest BCUT2D eigenvalue weighted by atomic mass is 16.5. The number of hydrogen-bond acceptors (Lipinski definition) is 4. The van der Waals surface area contributed by atoms with Crippen LogP contribution in [0.5, 0.6) is 5.75 Å². The molecule has 5 nitrogen and oxygen atoms in total. The Kier molecular flexibility index (Phi) is 3.66. The predicted octanol–water partition coefficient (Wildman–Crippen LogP) is 0.790. The molecule has 2 heterocycles. The third-order valence-corrected chi connectivity index (χ3v) is 3.41. The first-order valence-corrected chi connectivity index (χ1v) is 6.72. The fourth-order valence-electron chi connectivity index (χ4n) is 2.45. The molecule has 1 aromatic rings. The molecule has 1 atom stereocenters. The number of para-hydroxylation sites is 2. The standard InChI is InChI=1S/C14H18N2O3/c17-14(13-10-15-6-9-19-13)16-7-3-8-18-12-5-2-1-4-11(12)16/h1-2,4-5,13,15H,3,6-10H2. The zero-order chi connectivity index (χ0) is 13.1. The maximum atomic E-state index is 12.6. The Bertz CT molecular complexity index is 458. The van der Waals surface area contributed by atoms with Gasteiger partial charge < -0.3 is 19.7 Å². The largest absolute Gasteiger partial charge is 0.491 e. The van der Waals surface area contributed by atoms with Crippen LogP contribution in [0.1, 0.15) is 6.42 Å². The Morgan fingerprint density at radius 2 is 2.21 bits per heavy atom. The number of rotatable bonds is 1. The van der Waals surface area contributed by atoms with Gasteiger partial charge in [-0.3, -0.25) is 4.79 Å². The van der Waals surface area contributed by atoms with E-state index in [-0.39, 0.29) is 12.0 Å². The first-order valence-electron chi connectivity index (χ1n) is 6.72. The molecule has 5 heteroatoms. The van der Waals surface area contributed by atoms with Gasteiger partial charge in [-0.2, -0.15) is 0 Å². The van der Waals surface area contributed by atoms with E-state index in [4.69, 9.17) is 9.47 Å². The lowest BCUT2D eigenvalue weighted by molar-refractivity contribution is -0.131. The molecule has 0 aromatic heterocycles. The molecule has 1 saturated heterocycles. The minimum absolute atomic E-state index is 0.0187. The van der Waals surface area contributed by atoms with E-state index in [0.29, 0.717) is 26.3 Å². The van der Waals surface area contributed by atoms with Gasteiger partial charge in [-0.1, -0.05) is 12.1 Å². The monoisotopic (exact) mass is 262 g/mol. The number of fused-ring (bicyclic) bond motifs is 1. The summed E-state index contributed by atoms with van der Waals surface area (Å²) in [6, 6.07) is 7.68.